The first-order chi connectivity index (χ1) is 9.96. The molecule has 0 heterocycles. The topological polar surface area (TPSA) is 93.7 Å². The number of methoxy groups -OCH3 is 2. The Bertz CT molecular complexity index is 586. The summed E-state index contributed by atoms with van der Waals surface area (Å²) in [6.45, 7) is 2.63. The van der Waals surface area contributed by atoms with E-state index in [1.807, 2.05) is 0 Å². The molecule has 1 amide bonds. The lowest BCUT2D eigenvalue weighted by Gasteiger charge is -2.11. The number of amides is 1. The van der Waals surface area contributed by atoms with Crippen LogP contribution in [0.5, 0.6) is 5.75 Å². The number of carbonyl (C=O) groups is 1. The lowest BCUT2D eigenvalue weighted by molar-refractivity contribution is 0.0952. The quantitative estimate of drug-likeness (QED) is 0.676. The van der Waals surface area contributed by atoms with Crippen molar-refractivity contribution in [3.8, 4) is 5.75 Å². The Morgan fingerprint density at radius 3 is 2.57 bits per heavy atom. The molecule has 0 spiro atoms. The summed E-state index contributed by atoms with van der Waals surface area (Å²) in [5.74, 6) is -0.0694. The largest absolute Gasteiger partial charge is 0.496 e. The molecular formula is C13H20N2O5S. The van der Waals surface area contributed by atoms with Crippen molar-refractivity contribution in [2.45, 2.75) is 11.8 Å². The average Bonchev–Trinajstić information content (AvgIpc) is 2.47. The van der Waals surface area contributed by atoms with Crippen LogP contribution in [-0.4, -0.2) is 48.2 Å². The number of nitrogens with one attached hydrogen (secondary N) is 2. The normalized spacial score (nSPS) is 11.2. The SMILES string of the molecule is CCNC(=O)c1cc(S(=O)(=O)NCCOC)ccc1OC. The van der Waals surface area contributed by atoms with E-state index in [1.54, 1.807) is 6.92 Å². The van der Waals surface area contributed by atoms with Gasteiger partial charge in [0.2, 0.25) is 10.0 Å². The second-order valence-electron chi connectivity index (χ2n) is 4.11. The molecule has 0 aliphatic heterocycles. The van der Waals surface area contributed by atoms with Crippen LogP contribution in [0.1, 0.15) is 17.3 Å². The number of ether oxygens (including phenoxy) is 2. The van der Waals surface area contributed by atoms with Crippen molar-refractivity contribution in [1.82, 2.24) is 10.0 Å². The van der Waals surface area contributed by atoms with E-state index in [1.165, 1.54) is 32.4 Å². The van der Waals surface area contributed by atoms with Gasteiger partial charge in [-0.05, 0) is 25.1 Å². The first-order valence-corrected chi connectivity index (χ1v) is 7.89. The van der Waals surface area contributed by atoms with Gasteiger partial charge in [-0.2, -0.15) is 0 Å². The molecule has 1 rings (SSSR count). The van der Waals surface area contributed by atoms with Gasteiger partial charge in [0.1, 0.15) is 5.75 Å². The Hall–Kier alpha value is -1.64. The van der Waals surface area contributed by atoms with Crippen LogP contribution in [0.3, 0.4) is 0 Å². The van der Waals surface area contributed by atoms with E-state index in [0.717, 1.165) is 0 Å². The Morgan fingerprint density at radius 1 is 1.29 bits per heavy atom. The lowest BCUT2D eigenvalue weighted by Crippen LogP contribution is -2.28. The first-order valence-electron chi connectivity index (χ1n) is 6.41. The Kier molecular flexibility index (Phi) is 6.60. The highest BCUT2D eigenvalue weighted by Gasteiger charge is 2.19. The summed E-state index contributed by atoms with van der Waals surface area (Å²) in [7, 11) is -0.793. The average molecular weight is 316 g/mol. The highest BCUT2D eigenvalue weighted by Crippen LogP contribution is 2.22. The van der Waals surface area contributed by atoms with Gasteiger partial charge in [0.15, 0.2) is 0 Å². The molecule has 7 nitrogen and oxygen atoms in total. The fraction of sp³-hybridized carbons (Fsp3) is 0.462. The maximum absolute atomic E-state index is 12.1. The first kappa shape index (κ1) is 17.4. The van der Waals surface area contributed by atoms with E-state index in [2.05, 4.69) is 10.0 Å². The highest BCUT2D eigenvalue weighted by atomic mass is 32.2. The minimum atomic E-state index is -3.69. The molecule has 0 atom stereocenters. The number of sulfonamides is 1. The van der Waals surface area contributed by atoms with Gasteiger partial charge in [-0.3, -0.25) is 4.79 Å². The lowest BCUT2D eigenvalue weighted by atomic mass is 10.2. The molecule has 21 heavy (non-hydrogen) atoms. The summed E-state index contributed by atoms with van der Waals surface area (Å²) in [4.78, 5) is 11.9. The van der Waals surface area contributed by atoms with E-state index in [-0.39, 0.29) is 29.5 Å². The standard InChI is InChI=1S/C13H20N2O5S/c1-4-14-13(16)11-9-10(5-6-12(11)20-3)21(17,18)15-7-8-19-2/h5-6,9,15H,4,7-8H2,1-3H3,(H,14,16). The van der Waals surface area contributed by atoms with E-state index < -0.39 is 10.0 Å². The minimum Gasteiger partial charge on any atom is -0.496 e. The van der Waals surface area contributed by atoms with E-state index in [9.17, 15) is 13.2 Å². The van der Waals surface area contributed by atoms with Crippen LogP contribution in [0.2, 0.25) is 0 Å². The van der Waals surface area contributed by atoms with Crippen LogP contribution >= 0.6 is 0 Å². The summed E-state index contributed by atoms with van der Waals surface area (Å²) in [5.41, 5.74) is 0.175. The van der Waals surface area contributed by atoms with E-state index in [4.69, 9.17) is 9.47 Å². The van der Waals surface area contributed by atoms with Gasteiger partial charge in [0.25, 0.3) is 5.91 Å². The van der Waals surface area contributed by atoms with E-state index in [0.29, 0.717) is 12.3 Å². The molecule has 0 aliphatic carbocycles. The summed E-state index contributed by atoms with van der Waals surface area (Å²) >= 11 is 0. The van der Waals surface area contributed by atoms with Crippen molar-refractivity contribution in [3.63, 3.8) is 0 Å². The molecular weight excluding hydrogens is 296 g/mol. The third kappa shape index (κ3) is 4.69. The maximum Gasteiger partial charge on any atom is 0.255 e. The van der Waals surface area contributed by atoms with Crippen molar-refractivity contribution >= 4 is 15.9 Å². The molecule has 1 aromatic rings. The van der Waals surface area contributed by atoms with Crippen molar-refractivity contribution in [2.24, 2.45) is 0 Å². The van der Waals surface area contributed by atoms with E-state index >= 15 is 0 Å². The smallest absolute Gasteiger partial charge is 0.255 e. The molecule has 0 saturated carbocycles. The molecule has 0 unspecified atom stereocenters. The highest BCUT2D eigenvalue weighted by molar-refractivity contribution is 7.89. The van der Waals surface area contributed by atoms with Crippen LogP contribution in [-0.2, 0) is 14.8 Å². The third-order valence-electron chi connectivity index (χ3n) is 2.66. The number of hydrogen-bond acceptors (Lipinski definition) is 5. The fourth-order valence-corrected chi connectivity index (χ4v) is 2.69. The third-order valence-corrected chi connectivity index (χ3v) is 4.12. The maximum atomic E-state index is 12.1. The van der Waals surface area contributed by atoms with Gasteiger partial charge < -0.3 is 14.8 Å². The molecule has 8 heteroatoms. The molecule has 1 aromatic carbocycles. The van der Waals surface area contributed by atoms with Crippen LogP contribution in [0.15, 0.2) is 23.1 Å². The van der Waals surface area contributed by atoms with Crippen LogP contribution in [0, 0.1) is 0 Å². The zero-order valence-corrected chi connectivity index (χ0v) is 13.1. The number of rotatable bonds is 8. The molecule has 118 valence electrons. The zero-order valence-electron chi connectivity index (χ0n) is 12.3. The molecule has 0 bridgehead atoms. The number of carbonyl (C=O) groups excluding carboxylic acids is 1. The number of benzene rings is 1. The molecule has 0 saturated heterocycles. The van der Waals surface area contributed by atoms with Gasteiger partial charge in [0, 0.05) is 20.2 Å². The predicted molar refractivity (Wildman–Crippen MR) is 78.1 cm³/mol. The Labute approximate surface area is 124 Å². The number of hydrogen-bond donors (Lipinski definition) is 2. The minimum absolute atomic E-state index is 0.000608. The molecule has 0 radical (unpaired) electrons. The van der Waals surface area contributed by atoms with Crippen molar-refractivity contribution in [2.75, 3.05) is 33.9 Å². The summed E-state index contributed by atoms with van der Waals surface area (Å²) in [6, 6.07) is 4.13. The summed E-state index contributed by atoms with van der Waals surface area (Å²) in [6.07, 6.45) is 0. The van der Waals surface area contributed by atoms with Gasteiger partial charge in [-0.15, -0.1) is 0 Å². The Morgan fingerprint density at radius 2 is 2.00 bits per heavy atom. The summed E-state index contributed by atoms with van der Waals surface area (Å²) in [5, 5.41) is 2.61. The molecule has 0 fully saturated rings. The Balaban J connectivity index is 3.09. The van der Waals surface area contributed by atoms with Crippen molar-refractivity contribution < 1.29 is 22.7 Å². The fourth-order valence-electron chi connectivity index (χ4n) is 1.65. The predicted octanol–water partition coefficient (Wildman–Crippen LogP) is 0.370. The molecule has 0 aromatic heterocycles. The summed E-state index contributed by atoms with van der Waals surface area (Å²) < 4.78 is 36.5. The van der Waals surface area contributed by atoms with Crippen LogP contribution in [0.4, 0.5) is 0 Å². The molecule has 0 aliphatic rings. The van der Waals surface area contributed by atoms with Gasteiger partial charge >= 0.3 is 0 Å². The van der Waals surface area contributed by atoms with Crippen LogP contribution < -0.4 is 14.8 Å². The van der Waals surface area contributed by atoms with Gasteiger partial charge in [-0.25, -0.2) is 13.1 Å². The van der Waals surface area contributed by atoms with Crippen molar-refractivity contribution in [1.29, 1.82) is 0 Å². The molecule has 2 N–H and O–H groups in total. The monoisotopic (exact) mass is 316 g/mol. The van der Waals surface area contributed by atoms with Gasteiger partial charge in [-0.1, -0.05) is 0 Å². The van der Waals surface area contributed by atoms with Crippen molar-refractivity contribution in [3.05, 3.63) is 23.8 Å². The zero-order chi connectivity index (χ0) is 15.9. The van der Waals surface area contributed by atoms with Gasteiger partial charge in [0.05, 0.1) is 24.2 Å². The second-order valence-corrected chi connectivity index (χ2v) is 5.88. The van der Waals surface area contributed by atoms with Crippen LogP contribution in [0.25, 0.3) is 0 Å². The second kappa shape index (κ2) is 7.96.